The number of nitrogens with zero attached hydrogens (tertiary/aromatic N) is 2. The Kier molecular flexibility index (Phi) is 4.48. The molecule has 0 aliphatic carbocycles. The molecule has 0 aromatic heterocycles. The van der Waals surface area contributed by atoms with Crippen molar-refractivity contribution in [2.45, 2.75) is 19.4 Å². The number of imide groups is 1. The van der Waals surface area contributed by atoms with Gasteiger partial charge in [0.05, 0.1) is 12.1 Å². The van der Waals surface area contributed by atoms with Gasteiger partial charge in [0.2, 0.25) is 0 Å². The largest absolute Gasteiger partial charge is 0.366 e. The summed E-state index contributed by atoms with van der Waals surface area (Å²) >= 11 is 0. The van der Waals surface area contributed by atoms with E-state index >= 15 is 0 Å². The van der Waals surface area contributed by atoms with Gasteiger partial charge in [0.1, 0.15) is 17.3 Å². The first kappa shape index (κ1) is 17.4. The first-order chi connectivity index (χ1) is 13.1. The van der Waals surface area contributed by atoms with E-state index in [1.54, 1.807) is 18.2 Å². The number of likely N-dealkylation sites (tertiary alicyclic amines) is 1. The van der Waals surface area contributed by atoms with Crippen molar-refractivity contribution in [3.63, 3.8) is 0 Å². The van der Waals surface area contributed by atoms with Crippen LogP contribution >= 0.6 is 0 Å². The molecule has 2 aromatic rings. The molecule has 2 aliphatic rings. The van der Waals surface area contributed by atoms with Crippen LogP contribution in [0, 0.1) is 11.6 Å². The van der Waals surface area contributed by atoms with Crippen LogP contribution in [0.3, 0.4) is 0 Å². The van der Waals surface area contributed by atoms with Gasteiger partial charge in [-0.3, -0.25) is 14.5 Å². The highest BCUT2D eigenvalue weighted by Gasteiger charge is 2.42. The van der Waals surface area contributed by atoms with Crippen LogP contribution in [-0.4, -0.2) is 34.7 Å². The monoisotopic (exact) mass is 368 g/mol. The molecule has 6 heteroatoms. The molecule has 2 aliphatic heterocycles. The number of hydrogen-bond acceptors (Lipinski definition) is 3. The standard InChI is InChI=1S/C21H18F2N2O2/c22-16-9-7-14(8-10-16)18-19(24-11-3-4-12-24)21(27)25(20(18)26)13-15-5-1-2-6-17(15)23/h1-2,5-10H,3-4,11-13H2. The quantitative estimate of drug-likeness (QED) is 0.778. The Bertz CT molecular complexity index is 931. The maximum atomic E-state index is 14.0. The van der Waals surface area contributed by atoms with E-state index in [1.165, 1.54) is 30.3 Å². The molecular formula is C21H18F2N2O2. The predicted octanol–water partition coefficient (Wildman–Crippen LogP) is 3.34. The summed E-state index contributed by atoms with van der Waals surface area (Å²) in [4.78, 5) is 29.1. The minimum Gasteiger partial charge on any atom is -0.366 e. The minimum atomic E-state index is -0.475. The average Bonchev–Trinajstić information content (AvgIpc) is 3.26. The summed E-state index contributed by atoms with van der Waals surface area (Å²) in [6.45, 7) is 1.24. The van der Waals surface area contributed by atoms with Gasteiger partial charge < -0.3 is 4.90 Å². The second kappa shape index (κ2) is 6.95. The third-order valence-corrected chi connectivity index (χ3v) is 4.99. The van der Waals surface area contributed by atoms with Crippen molar-refractivity contribution >= 4 is 17.4 Å². The molecule has 138 valence electrons. The third-order valence-electron chi connectivity index (χ3n) is 4.99. The van der Waals surface area contributed by atoms with Crippen molar-refractivity contribution in [3.05, 3.63) is 77.0 Å². The van der Waals surface area contributed by atoms with E-state index in [2.05, 4.69) is 0 Å². The van der Waals surface area contributed by atoms with Crippen LogP contribution < -0.4 is 0 Å². The lowest BCUT2D eigenvalue weighted by atomic mass is 10.0. The van der Waals surface area contributed by atoms with Gasteiger partial charge >= 0.3 is 0 Å². The van der Waals surface area contributed by atoms with E-state index in [9.17, 15) is 18.4 Å². The summed E-state index contributed by atoms with van der Waals surface area (Å²) in [7, 11) is 0. The molecule has 2 amide bonds. The number of carbonyl (C=O) groups excluding carboxylic acids is 2. The maximum Gasteiger partial charge on any atom is 0.278 e. The average molecular weight is 368 g/mol. The van der Waals surface area contributed by atoms with E-state index in [0.29, 0.717) is 24.4 Å². The Morgan fingerprint density at radius 2 is 1.52 bits per heavy atom. The van der Waals surface area contributed by atoms with Crippen LogP contribution in [0.5, 0.6) is 0 Å². The van der Waals surface area contributed by atoms with Crippen LogP contribution in [0.1, 0.15) is 24.0 Å². The fourth-order valence-electron chi connectivity index (χ4n) is 3.61. The van der Waals surface area contributed by atoms with Crippen molar-refractivity contribution in [2.75, 3.05) is 13.1 Å². The summed E-state index contributed by atoms with van der Waals surface area (Å²) in [5.74, 6) is -1.78. The zero-order valence-corrected chi connectivity index (χ0v) is 14.6. The highest BCUT2D eigenvalue weighted by molar-refractivity contribution is 6.35. The van der Waals surface area contributed by atoms with Gasteiger partial charge in [-0.1, -0.05) is 30.3 Å². The van der Waals surface area contributed by atoms with Gasteiger partial charge in [-0.2, -0.15) is 0 Å². The Balaban J connectivity index is 1.75. The van der Waals surface area contributed by atoms with Gasteiger partial charge in [-0.15, -0.1) is 0 Å². The van der Waals surface area contributed by atoms with Crippen molar-refractivity contribution < 1.29 is 18.4 Å². The third kappa shape index (κ3) is 3.12. The SMILES string of the molecule is O=C1C(c2ccc(F)cc2)=C(N2CCCC2)C(=O)N1Cc1ccccc1F. The zero-order chi connectivity index (χ0) is 19.0. The van der Waals surface area contributed by atoms with E-state index in [1.807, 2.05) is 4.90 Å². The molecule has 0 unspecified atom stereocenters. The molecule has 0 bridgehead atoms. The molecule has 2 heterocycles. The summed E-state index contributed by atoms with van der Waals surface area (Å²) < 4.78 is 27.4. The van der Waals surface area contributed by atoms with E-state index in [0.717, 1.165) is 17.7 Å². The van der Waals surface area contributed by atoms with Gasteiger partial charge in [-0.25, -0.2) is 8.78 Å². The van der Waals surface area contributed by atoms with Crippen LogP contribution in [0.15, 0.2) is 54.2 Å². The normalized spacial score (nSPS) is 17.4. The summed E-state index contributed by atoms with van der Waals surface area (Å²) in [6, 6.07) is 11.6. The molecule has 2 aromatic carbocycles. The number of benzene rings is 2. The molecular weight excluding hydrogens is 350 g/mol. The van der Waals surface area contributed by atoms with Crippen molar-refractivity contribution in [3.8, 4) is 0 Å². The molecule has 27 heavy (non-hydrogen) atoms. The van der Waals surface area contributed by atoms with E-state index in [4.69, 9.17) is 0 Å². The number of amides is 2. The molecule has 1 saturated heterocycles. The lowest BCUT2D eigenvalue weighted by Gasteiger charge is -2.20. The number of halogens is 2. The smallest absolute Gasteiger partial charge is 0.278 e. The first-order valence-corrected chi connectivity index (χ1v) is 8.91. The molecule has 0 saturated carbocycles. The highest BCUT2D eigenvalue weighted by atomic mass is 19.1. The van der Waals surface area contributed by atoms with Gasteiger partial charge in [0.25, 0.3) is 11.8 Å². The van der Waals surface area contributed by atoms with Crippen LogP contribution in [-0.2, 0) is 16.1 Å². The second-order valence-corrected chi connectivity index (χ2v) is 6.71. The van der Waals surface area contributed by atoms with Crippen molar-refractivity contribution in [1.82, 2.24) is 9.80 Å². The number of rotatable bonds is 4. The van der Waals surface area contributed by atoms with Crippen LogP contribution in [0.4, 0.5) is 8.78 Å². The first-order valence-electron chi connectivity index (χ1n) is 8.91. The Morgan fingerprint density at radius 1 is 0.852 bits per heavy atom. The lowest BCUT2D eigenvalue weighted by molar-refractivity contribution is -0.138. The Hall–Kier alpha value is -3.02. The summed E-state index contributed by atoms with van der Waals surface area (Å²) in [5.41, 5.74) is 1.37. The van der Waals surface area contributed by atoms with Crippen LogP contribution in [0.25, 0.3) is 5.57 Å². The van der Waals surface area contributed by atoms with Gasteiger partial charge in [-0.05, 0) is 36.6 Å². The molecule has 4 rings (SSSR count). The highest BCUT2D eigenvalue weighted by Crippen LogP contribution is 2.34. The van der Waals surface area contributed by atoms with Crippen LogP contribution in [0.2, 0.25) is 0 Å². The second-order valence-electron chi connectivity index (χ2n) is 6.71. The zero-order valence-electron chi connectivity index (χ0n) is 14.6. The van der Waals surface area contributed by atoms with Crippen molar-refractivity contribution in [1.29, 1.82) is 0 Å². The topological polar surface area (TPSA) is 40.6 Å². The minimum absolute atomic E-state index is 0.133. The fraction of sp³-hybridized carbons (Fsp3) is 0.238. The fourth-order valence-corrected chi connectivity index (χ4v) is 3.61. The van der Waals surface area contributed by atoms with Gasteiger partial charge in [0.15, 0.2) is 0 Å². The lowest BCUT2D eigenvalue weighted by Crippen LogP contribution is -2.34. The molecule has 1 fully saturated rings. The molecule has 0 radical (unpaired) electrons. The Morgan fingerprint density at radius 3 is 2.19 bits per heavy atom. The summed E-state index contributed by atoms with van der Waals surface area (Å²) in [5, 5.41) is 0. The van der Waals surface area contributed by atoms with Crippen molar-refractivity contribution in [2.24, 2.45) is 0 Å². The number of hydrogen-bond donors (Lipinski definition) is 0. The number of carbonyl (C=O) groups is 2. The molecule has 0 atom stereocenters. The molecule has 4 nitrogen and oxygen atoms in total. The van der Waals surface area contributed by atoms with E-state index < -0.39 is 23.4 Å². The summed E-state index contributed by atoms with van der Waals surface area (Å²) in [6.07, 6.45) is 1.88. The van der Waals surface area contributed by atoms with E-state index in [-0.39, 0.29) is 17.7 Å². The van der Waals surface area contributed by atoms with Gasteiger partial charge in [0, 0.05) is 18.7 Å². The maximum absolute atomic E-state index is 14.0. The molecule has 0 spiro atoms. The Labute approximate surface area is 155 Å². The molecule has 0 N–H and O–H groups in total. The predicted molar refractivity (Wildman–Crippen MR) is 96.1 cm³/mol.